The minimum absolute atomic E-state index is 0.00343. The van der Waals surface area contributed by atoms with Crippen molar-refractivity contribution in [2.24, 2.45) is 5.73 Å². The number of carbonyl (C=O) groups is 1. The van der Waals surface area contributed by atoms with E-state index in [1.54, 1.807) is 30.3 Å². The highest BCUT2D eigenvalue weighted by Gasteiger charge is 2.38. The first-order valence-corrected chi connectivity index (χ1v) is 10.3. The van der Waals surface area contributed by atoms with E-state index in [2.05, 4.69) is 6.07 Å². The number of carbonyl (C=O) groups excluding carboxylic acids is 1. The Balaban J connectivity index is 1.63. The first-order valence-electron chi connectivity index (χ1n) is 10.3. The lowest BCUT2D eigenvalue weighted by Crippen LogP contribution is -2.27. The molecule has 1 atom stereocenters. The quantitative estimate of drug-likeness (QED) is 0.518. The third-order valence-corrected chi connectivity index (χ3v) is 5.67. The van der Waals surface area contributed by atoms with Gasteiger partial charge in [0.15, 0.2) is 17.3 Å². The fraction of sp³-hybridized carbons (Fsp3) is 0.250. The highest BCUT2D eigenvalue weighted by Crippen LogP contribution is 2.45. The number of ether oxygens (including phenoxy) is 3. The Bertz CT molecular complexity index is 1220. The molecule has 2 aromatic rings. The number of non-ortho nitro benzene ring substituents is 1. The highest BCUT2D eigenvalue weighted by molar-refractivity contribution is 5.99. The van der Waals surface area contributed by atoms with Crippen molar-refractivity contribution in [1.29, 1.82) is 5.26 Å². The molecule has 0 spiro atoms. The Morgan fingerprint density at radius 1 is 1.21 bits per heavy atom. The van der Waals surface area contributed by atoms with Crippen LogP contribution in [0.4, 0.5) is 5.69 Å². The van der Waals surface area contributed by atoms with Crippen LogP contribution in [-0.2, 0) is 16.1 Å². The number of ketones is 1. The predicted octanol–water partition coefficient (Wildman–Crippen LogP) is 4.00. The zero-order valence-electron chi connectivity index (χ0n) is 17.9. The summed E-state index contributed by atoms with van der Waals surface area (Å²) in [5, 5.41) is 20.5. The predicted molar refractivity (Wildman–Crippen MR) is 117 cm³/mol. The first-order chi connectivity index (χ1) is 15.9. The van der Waals surface area contributed by atoms with Crippen LogP contribution in [0.25, 0.3) is 0 Å². The van der Waals surface area contributed by atoms with Gasteiger partial charge in [0.05, 0.1) is 18.0 Å². The van der Waals surface area contributed by atoms with E-state index in [4.69, 9.17) is 19.9 Å². The fourth-order valence-corrected chi connectivity index (χ4v) is 4.05. The van der Waals surface area contributed by atoms with Gasteiger partial charge in [-0.1, -0.05) is 6.07 Å². The molecule has 2 N–H and O–H groups in total. The van der Waals surface area contributed by atoms with E-state index in [1.165, 1.54) is 19.2 Å². The number of hydrogen-bond acceptors (Lipinski definition) is 8. The maximum atomic E-state index is 12.7. The molecule has 9 nitrogen and oxygen atoms in total. The van der Waals surface area contributed by atoms with Crippen LogP contribution in [0.5, 0.6) is 11.5 Å². The lowest BCUT2D eigenvalue weighted by atomic mass is 9.77. The van der Waals surface area contributed by atoms with Gasteiger partial charge < -0.3 is 19.9 Å². The van der Waals surface area contributed by atoms with Gasteiger partial charge in [-0.3, -0.25) is 14.9 Å². The van der Waals surface area contributed by atoms with Gasteiger partial charge in [0.2, 0.25) is 5.88 Å². The van der Waals surface area contributed by atoms with Crippen LogP contribution in [0.15, 0.2) is 65.3 Å². The lowest BCUT2D eigenvalue weighted by Gasteiger charge is -2.31. The van der Waals surface area contributed by atoms with Gasteiger partial charge in [-0.2, -0.15) is 5.26 Å². The smallest absolute Gasteiger partial charge is 0.269 e. The molecule has 0 saturated carbocycles. The van der Waals surface area contributed by atoms with Crippen LogP contribution in [-0.4, -0.2) is 17.8 Å². The van der Waals surface area contributed by atoms with Crippen molar-refractivity contribution in [3.8, 4) is 17.6 Å². The Morgan fingerprint density at radius 2 is 1.97 bits per heavy atom. The molecule has 2 aliphatic rings. The second kappa shape index (κ2) is 9.04. The standard InChI is InChI=1S/C24H21N3O6/c1-31-21-11-15(7-10-19(21)32-13-14-5-8-16(9-6-14)27(29)30)22-17(12-25)24(26)33-20-4-2-3-18(28)23(20)22/h5-11,22H,2-4,13,26H2,1H3/t22-/m1/s1. The van der Waals surface area contributed by atoms with E-state index in [0.717, 1.165) is 5.56 Å². The highest BCUT2D eigenvalue weighted by atomic mass is 16.6. The minimum Gasteiger partial charge on any atom is -0.493 e. The number of rotatable bonds is 6. The Kier molecular flexibility index (Phi) is 6.00. The number of benzene rings is 2. The zero-order chi connectivity index (χ0) is 23.5. The summed E-state index contributed by atoms with van der Waals surface area (Å²) in [7, 11) is 1.49. The number of methoxy groups -OCH3 is 1. The van der Waals surface area contributed by atoms with E-state index < -0.39 is 10.8 Å². The topological polar surface area (TPSA) is 138 Å². The van der Waals surface area contributed by atoms with Crippen LogP contribution < -0.4 is 15.2 Å². The van der Waals surface area contributed by atoms with E-state index >= 15 is 0 Å². The van der Waals surface area contributed by atoms with Gasteiger partial charge >= 0.3 is 0 Å². The molecule has 0 fully saturated rings. The number of Topliss-reactive ketones (excluding diaryl/α,β-unsaturated/α-hetero) is 1. The summed E-state index contributed by atoms with van der Waals surface area (Å²) in [5.41, 5.74) is 8.08. The number of nitrogens with two attached hydrogens (primary N) is 1. The maximum Gasteiger partial charge on any atom is 0.269 e. The van der Waals surface area contributed by atoms with E-state index in [9.17, 15) is 20.2 Å². The van der Waals surface area contributed by atoms with E-state index in [0.29, 0.717) is 47.7 Å². The summed E-state index contributed by atoms with van der Waals surface area (Å²) in [6.45, 7) is 0.176. The molecule has 4 rings (SSSR count). The molecule has 0 radical (unpaired) electrons. The molecule has 2 aromatic carbocycles. The zero-order valence-corrected chi connectivity index (χ0v) is 17.9. The van der Waals surface area contributed by atoms with E-state index in [1.807, 2.05) is 0 Å². The molecule has 1 aliphatic heterocycles. The van der Waals surface area contributed by atoms with Crippen LogP contribution in [0, 0.1) is 21.4 Å². The largest absolute Gasteiger partial charge is 0.493 e. The molecule has 33 heavy (non-hydrogen) atoms. The monoisotopic (exact) mass is 447 g/mol. The summed E-state index contributed by atoms with van der Waals surface area (Å²) in [6.07, 6.45) is 1.66. The van der Waals surface area contributed by atoms with Crippen LogP contribution in [0.3, 0.4) is 0 Å². The summed E-state index contributed by atoms with van der Waals surface area (Å²) >= 11 is 0. The Morgan fingerprint density at radius 3 is 2.64 bits per heavy atom. The van der Waals surface area contributed by atoms with Crippen molar-refractivity contribution in [3.63, 3.8) is 0 Å². The van der Waals surface area contributed by atoms with Crippen molar-refractivity contribution in [1.82, 2.24) is 0 Å². The SMILES string of the molecule is COc1cc([C@@H]2C(C#N)=C(N)OC3=C2C(=O)CCC3)ccc1OCc1ccc([N+](=O)[O-])cc1. The molecule has 1 aliphatic carbocycles. The number of nitro benzene ring substituents is 1. The third-order valence-electron chi connectivity index (χ3n) is 5.67. The lowest BCUT2D eigenvalue weighted by molar-refractivity contribution is -0.384. The summed E-state index contributed by atoms with van der Waals surface area (Å²) in [6, 6.07) is 13.3. The minimum atomic E-state index is -0.635. The Labute approximate surface area is 189 Å². The molecule has 0 unspecified atom stereocenters. The molecule has 1 heterocycles. The fourth-order valence-electron chi connectivity index (χ4n) is 4.05. The van der Waals surface area contributed by atoms with Gasteiger partial charge in [-0.05, 0) is 41.8 Å². The van der Waals surface area contributed by atoms with Gasteiger partial charge in [0.25, 0.3) is 5.69 Å². The van der Waals surface area contributed by atoms with Gasteiger partial charge in [-0.15, -0.1) is 0 Å². The van der Waals surface area contributed by atoms with Crippen LogP contribution in [0.2, 0.25) is 0 Å². The number of nitriles is 1. The van der Waals surface area contributed by atoms with Crippen LogP contribution in [0.1, 0.15) is 36.3 Å². The van der Waals surface area contributed by atoms with E-state index in [-0.39, 0.29) is 29.5 Å². The second-order valence-corrected chi connectivity index (χ2v) is 7.66. The first kappa shape index (κ1) is 21.9. The molecule has 0 aromatic heterocycles. The van der Waals surface area contributed by atoms with Crippen LogP contribution >= 0.6 is 0 Å². The van der Waals surface area contributed by atoms with Crippen molar-refractivity contribution in [2.75, 3.05) is 7.11 Å². The molecule has 9 heteroatoms. The summed E-state index contributed by atoms with van der Waals surface area (Å²) < 4.78 is 17.0. The molecule has 0 bridgehead atoms. The third kappa shape index (κ3) is 4.23. The molecular weight excluding hydrogens is 426 g/mol. The van der Waals surface area contributed by atoms with Gasteiger partial charge in [0.1, 0.15) is 24.0 Å². The summed E-state index contributed by atoms with van der Waals surface area (Å²) in [4.78, 5) is 23.1. The second-order valence-electron chi connectivity index (χ2n) is 7.66. The number of hydrogen-bond donors (Lipinski definition) is 1. The molecular formula is C24H21N3O6. The normalized spacial score (nSPS) is 17.7. The van der Waals surface area contributed by atoms with Crippen molar-refractivity contribution in [2.45, 2.75) is 31.8 Å². The Hall–Kier alpha value is -4.32. The summed E-state index contributed by atoms with van der Waals surface area (Å²) in [5.74, 6) is 0.704. The van der Waals surface area contributed by atoms with Crippen molar-refractivity contribution >= 4 is 11.5 Å². The van der Waals surface area contributed by atoms with Crippen molar-refractivity contribution in [3.05, 3.63) is 86.5 Å². The average molecular weight is 447 g/mol. The molecule has 168 valence electrons. The van der Waals surface area contributed by atoms with Crippen molar-refractivity contribution < 1.29 is 23.9 Å². The number of nitro groups is 1. The van der Waals surface area contributed by atoms with Gasteiger partial charge in [0, 0.05) is 30.5 Å². The van der Waals surface area contributed by atoms with Gasteiger partial charge in [-0.25, -0.2) is 0 Å². The molecule has 0 saturated heterocycles. The number of nitrogens with zero attached hydrogens (tertiary/aromatic N) is 2. The number of allylic oxidation sites excluding steroid dienone is 3. The average Bonchev–Trinajstić information content (AvgIpc) is 2.82. The molecule has 0 amide bonds. The maximum absolute atomic E-state index is 12.7.